The number of benzene rings is 1. The normalized spacial score (nSPS) is 13.2. The molecule has 0 aliphatic heterocycles. The number of nitrogens with zero attached hydrogens (tertiary/aromatic N) is 1. The van der Waals surface area contributed by atoms with E-state index in [1.165, 1.54) is 6.26 Å². The second-order valence-corrected chi connectivity index (χ2v) is 6.72. The van der Waals surface area contributed by atoms with Gasteiger partial charge in [0, 0.05) is 18.0 Å². The van der Waals surface area contributed by atoms with Crippen LogP contribution in [-0.2, 0) is 9.84 Å². The van der Waals surface area contributed by atoms with E-state index in [-0.39, 0.29) is 5.54 Å². The van der Waals surface area contributed by atoms with E-state index >= 15 is 0 Å². The summed E-state index contributed by atoms with van der Waals surface area (Å²) < 4.78 is 23.0. The lowest BCUT2D eigenvalue weighted by molar-refractivity contribution is 0.586. The van der Waals surface area contributed by atoms with Crippen molar-refractivity contribution in [2.75, 3.05) is 6.26 Å². The number of hydrogen-bond acceptors (Lipinski definition) is 3. The van der Waals surface area contributed by atoms with Crippen LogP contribution in [0, 0.1) is 0 Å². The van der Waals surface area contributed by atoms with Gasteiger partial charge in [0.1, 0.15) is 0 Å². The summed E-state index contributed by atoms with van der Waals surface area (Å²) in [7, 11) is -3.19. The molecule has 16 heavy (non-hydrogen) atoms. The van der Waals surface area contributed by atoms with Gasteiger partial charge >= 0.3 is 0 Å². The first-order chi connectivity index (χ1) is 7.20. The molecule has 4 heteroatoms. The Labute approximate surface area is 97.1 Å². The first kappa shape index (κ1) is 12.9. The standard InChI is InChI=1S/C12H17NO2S/c1-12(2,3)13-9-10-7-5-6-8-11(10)16(4,14)15/h5-9H,1-4H3. The summed E-state index contributed by atoms with van der Waals surface area (Å²) in [6.07, 6.45) is 2.83. The van der Waals surface area contributed by atoms with Crippen LogP contribution < -0.4 is 0 Å². The van der Waals surface area contributed by atoms with Crippen molar-refractivity contribution in [1.82, 2.24) is 0 Å². The van der Waals surface area contributed by atoms with Crippen molar-refractivity contribution in [3.05, 3.63) is 29.8 Å². The van der Waals surface area contributed by atoms with Crippen molar-refractivity contribution in [2.45, 2.75) is 31.2 Å². The summed E-state index contributed by atoms with van der Waals surface area (Å²) in [6.45, 7) is 5.89. The molecule has 88 valence electrons. The molecule has 0 heterocycles. The van der Waals surface area contributed by atoms with Crippen LogP contribution in [0.25, 0.3) is 0 Å². The minimum atomic E-state index is -3.19. The van der Waals surface area contributed by atoms with Crippen LogP contribution in [0.2, 0.25) is 0 Å². The van der Waals surface area contributed by atoms with E-state index in [2.05, 4.69) is 4.99 Å². The van der Waals surface area contributed by atoms with Gasteiger partial charge in [-0.15, -0.1) is 0 Å². The van der Waals surface area contributed by atoms with Gasteiger partial charge in [-0.1, -0.05) is 18.2 Å². The van der Waals surface area contributed by atoms with Crippen LogP contribution in [0.5, 0.6) is 0 Å². The van der Waals surface area contributed by atoms with E-state index in [4.69, 9.17) is 0 Å². The lowest BCUT2D eigenvalue weighted by atomic mass is 10.1. The molecule has 0 saturated heterocycles. The second-order valence-electron chi connectivity index (χ2n) is 4.74. The Morgan fingerprint density at radius 1 is 1.19 bits per heavy atom. The Morgan fingerprint density at radius 2 is 1.75 bits per heavy atom. The molecular weight excluding hydrogens is 222 g/mol. The molecule has 0 radical (unpaired) electrons. The highest BCUT2D eigenvalue weighted by atomic mass is 32.2. The average Bonchev–Trinajstić information content (AvgIpc) is 2.12. The quantitative estimate of drug-likeness (QED) is 0.743. The lowest BCUT2D eigenvalue weighted by Crippen LogP contribution is -2.10. The van der Waals surface area contributed by atoms with Gasteiger partial charge in [-0.05, 0) is 26.8 Å². The van der Waals surface area contributed by atoms with Crippen molar-refractivity contribution in [3.8, 4) is 0 Å². The van der Waals surface area contributed by atoms with Crippen LogP contribution in [-0.4, -0.2) is 26.4 Å². The SMILES string of the molecule is CC(C)(C)N=Cc1ccccc1S(C)(=O)=O. The molecule has 1 rings (SSSR count). The minimum absolute atomic E-state index is 0.204. The molecule has 0 amide bonds. The maximum atomic E-state index is 11.5. The van der Waals surface area contributed by atoms with Crippen LogP contribution in [0.3, 0.4) is 0 Å². The van der Waals surface area contributed by atoms with Crippen LogP contribution in [0.1, 0.15) is 26.3 Å². The highest BCUT2D eigenvalue weighted by molar-refractivity contribution is 7.90. The molecule has 3 nitrogen and oxygen atoms in total. The van der Waals surface area contributed by atoms with E-state index in [0.717, 1.165) is 0 Å². The Bertz CT molecular complexity index is 496. The zero-order valence-corrected chi connectivity index (χ0v) is 10.9. The average molecular weight is 239 g/mol. The van der Waals surface area contributed by atoms with Crippen molar-refractivity contribution < 1.29 is 8.42 Å². The van der Waals surface area contributed by atoms with Gasteiger partial charge in [0.25, 0.3) is 0 Å². The van der Waals surface area contributed by atoms with Gasteiger partial charge in [0.2, 0.25) is 0 Å². The Morgan fingerprint density at radius 3 is 2.25 bits per heavy atom. The van der Waals surface area contributed by atoms with Crippen molar-refractivity contribution in [3.63, 3.8) is 0 Å². The van der Waals surface area contributed by atoms with Crippen molar-refractivity contribution >= 4 is 16.1 Å². The van der Waals surface area contributed by atoms with E-state index in [1.54, 1.807) is 30.5 Å². The molecule has 0 aliphatic rings. The molecule has 0 aromatic heterocycles. The number of rotatable bonds is 2. The highest BCUT2D eigenvalue weighted by Crippen LogP contribution is 2.14. The summed E-state index contributed by atoms with van der Waals surface area (Å²) >= 11 is 0. The molecular formula is C12H17NO2S. The molecule has 0 atom stereocenters. The topological polar surface area (TPSA) is 46.5 Å². The summed E-state index contributed by atoms with van der Waals surface area (Å²) in [5, 5.41) is 0. The molecule has 0 aliphatic carbocycles. The van der Waals surface area contributed by atoms with E-state index in [0.29, 0.717) is 10.5 Å². The number of hydrogen-bond donors (Lipinski definition) is 0. The summed E-state index contributed by atoms with van der Waals surface area (Å²) in [4.78, 5) is 4.63. The first-order valence-electron chi connectivity index (χ1n) is 5.04. The zero-order chi connectivity index (χ0) is 12.4. The smallest absolute Gasteiger partial charge is 0.176 e. The maximum Gasteiger partial charge on any atom is 0.176 e. The molecule has 0 bridgehead atoms. The Balaban J connectivity index is 3.21. The molecule has 1 aromatic rings. The monoisotopic (exact) mass is 239 g/mol. The van der Waals surface area contributed by atoms with Gasteiger partial charge in [-0.25, -0.2) is 8.42 Å². The second kappa shape index (κ2) is 4.37. The van der Waals surface area contributed by atoms with Crippen molar-refractivity contribution in [2.24, 2.45) is 4.99 Å². The molecule has 0 unspecified atom stereocenters. The van der Waals surface area contributed by atoms with E-state index in [1.807, 2.05) is 20.8 Å². The van der Waals surface area contributed by atoms with Crippen LogP contribution in [0.4, 0.5) is 0 Å². The molecule has 0 fully saturated rings. The summed E-state index contributed by atoms with van der Waals surface area (Å²) in [5.74, 6) is 0. The Kier molecular flexibility index (Phi) is 3.53. The number of aliphatic imine (C=N–C) groups is 1. The fraction of sp³-hybridized carbons (Fsp3) is 0.417. The predicted octanol–water partition coefficient (Wildman–Crippen LogP) is 2.31. The summed E-state index contributed by atoms with van der Waals surface area (Å²) in [6, 6.07) is 6.87. The van der Waals surface area contributed by atoms with Gasteiger partial charge in [-0.2, -0.15) is 0 Å². The Hall–Kier alpha value is -1.16. The third kappa shape index (κ3) is 3.77. The van der Waals surface area contributed by atoms with Crippen LogP contribution >= 0.6 is 0 Å². The lowest BCUT2D eigenvalue weighted by Gasteiger charge is -2.11. The van der Waals surface area contributed by atoms with Crippen LogP contribution in [0.15, 0.2) is 34.2 Å². The van der Waals surface area contributed by atoms with Gasteiger partial charge < -0.3 is 0 Å². The van der Waals surface area contributed by atoms with Gasteiger partial charge in [0.15, 0.2) is 9.84 Å². The number of sulfone groups is 1. The highest BCUT2D eigenvalue weighted by Gasteiger charge is 2.12. The maximum absolute atomic E-state index is 11.5. The predicted molar refractivity (Wildman–Crippen MR) is 66.9 cm³/mol. The summed E-state index contributed by atoms with van der Waals surface area (Å²) in [5.41, 5.74) is 0.435. The molecule has 1 aromatic carbocycles. The van der Waals surface area contributed by atoms with Crippen molar-refractivity contribution in [1.29, 1.82) is 0 Å². The molecule has 0 spiro atoms. The molecule has 0 N–H and O–H groups in total. The first-order valence-corrected chi connectivity index (χ1v) is 6.93. The molecule has 0 saturated carbocycles. The van der Waals surface area contributed by atoms with Gasteiger partial charge in [-0.3, -0.25) is 4.99 Å². The largest absolute Gasteiger partial charge is 0.287 e. The van der Waals surface area contributed by atoms with E-state index < -0.39 is 9.84 Å². The zero-order valence-electron chi connectivity index (χ0n) is 10.1. The minimum Gasteiger partial charge on any atom is -0.287 e. The fourth-order valence-corrected chi connectivity index (χ4v) is 2.06. The van der Waals surface area contributed by atoms with Gasteiger partial charge in [0.05, 0.1) is 10.4 Å². The van der Waals surface area contributed by atoms with E-state index in [9.17, 15) is 8.42 Å². The third-order valence-corrected chi connectivity index (χ3v) is 3.08. The fourth-order valence-electron chi connectivity index (χ4n) is 1.19. The third-order valence-electron chi connectivity index (χ3n) is 1.91.